The first kappa shape index (κ1) is 18.7. The van der Waals surface area contributed by atoms with Gasteiger partial charge in [-0.25, -0.2) is 0 Å². The van der Waals surface area contributed by atoms with E-state index in [1.807, 2.05) is 13.0 Å². The van der Waals surface area contributed by atoms with E-state index in [1.165, 1.54) is 11.0 Å². The van der Waals surface area contributed by atoms with Gasteiger partial charge in [-0.3, -0.25) is 9.59 Å². The van der Waals surface area contributed by atoms with Crippen molar-refractivity contribution < 1.29 is 24.2 Å². The molecule has 28 heavy (non-hydrogen) atoms. The van der Waals surface area contributed by atoms with E-state index in [0.717, 1.165) is 10.0 Å². The summed E-state index contributed by atoms with van der Waals surface area (Å²) in [7, 11) is 0. The predicted molar refractivity (Wildman–Crippen MR) is 107 cm³/mol. The highest BCUT2D eigenvalue weighted by atomic mass is 79.9. The maximum Gasteiger partial charge on any atom is 0.264 e. The minimum atomic E-state index is -1.87. The summed E-state index contributed by atoms with van der Waals surface area (Å²) in [5, 5.41) is 11.1. The van der Waals surface area contributed by atoms with Crippen molar-refractivity contribution in [3.05, 3.63) is 58.1 Å². The quantitative estimate of drug-likeness (QED) is 0.716. The molecule has 0 saturated heterocycles. The summed E-state index contributed by atoms with van der Waals surface area (Å²) >= 11 is 3.37. The zero-order chi connectivity index (χ0) is 19.9. The Hall–Kier alpha value is -2.64. The van der Waals surface area contributed by atoms with Gasteiger partial charge in [-0.2, -0.15) is 0 Å². The number of nitrogens with zero attached hydrogens (tertiary/aromatic N) is 1. The highest BCUT2D eigenvalue weighted by Crippen LogP contribution is 2.43. The molecule has 0 aliphatic carbocycles. The molecule has 0 unspecified atom stereocenters. The van der Waals surface area contributed by atoms with E-state index in [1.54, 1.807) is 36.4 Å². The standard InChI is InChI=1S/C21H18BrNO5/c1-2-23-17-7-5-14(22)10-16(17)21(26,20(23)25)11-15(24)6-3-13-4-8-18-19(9-13)28-12-27-18/h3-10,26H,2,11-12H2,1H3/b6-3-/t21-/m1/s1. The van der Waals surface area contributed by atoms with Crippen LogP contribution in [0.1, 0.15) is 24.5 Å². The summed E-state index contributed by atoms with van der Waals surface area (Å²) in [5.74, 6) is 0.457. The van der Waals surface area contributed by atoms with Gasteiger partial charge in [0, 0.05) is 16.6 Å². The molecule has 2 aliphatic heterocycles. The lowest BCUT2D eigenvalue weighted by Crippen LogP contribution is -2.41. The summed E-state index contributed by atoms with van der Waals surface area (Å²) in [4.78, 5) is 26.9. The lowest BCUT2D eigenvalue weighted by atomic mass is 9.89. The number of carbonyl (C=O) groups is 2. The Balaban J connectivity index is 1.57. The van der Waals surface area contributed by atoms with Gasteiger partial charge < -0.3 is 19.5 Å². The largest absolute Gasteiger partial charge is 0.454 e. The molecule has 7 heteroatoms. The first-order valence-electron chi connectivity index (χ1n) is 8.87. The number of ether oxygens (including phenoxy) is 2. The van der Waals surface area contributed by atoms with E-state index >= 15 is 0 Å². The Morgan fingerprint density at radius 1 is 1.25 bits per heavy atom. The smallest absolute Gasteiger partial charge is 0.264 e. The molecule has 0 saturated carbocycles. The fraction of sp³-hybridized carbons (Fsp3) is 0.238. The number of rotatable bonds is 5. The zero-order valence-electron chi connectivity index (χ0n) is 15.1. The highest BCUT2D eigenvalue weighted by molar-refractivity contribution is 9.10. The van der Waals surface area contributed by atoms with Crippen LogP contribution in [0.15, 0.2) is 46.9 Å². The molecule has 0 radical (unpaired) electrons. The number of allylic oxidation sites excluding steroid dienone is 1. The number of hydrogen-bond donors (Lipinski definition) is 1. The van der Waals surface area contributed by atoms with Crippen molar-refractivity contribution in [2.75, 3.05) is 18.2 Å². The van der Waals surface area contributed by atoms with Crippen molar-refractivity contribution in [3.63, 3.8) is 0 Å². The van der Waals surface area contributed by atoms with Gasteiger partial charge in [0.1, 0.15) is 0 Å². The number of likely N-dealkylation sites (N-methyl/N-ethyl adjacent to an activating group) is 1. The van der Waals surface area contributed by atoms with Crippen LogP contribution in [0.2, 0.25) is 0 Å². The normalized spacial score (nSPS) is 20.1. The molecule has 2 aliphatic rings. The number of amides is 1. The van der Waals surface area contributed by atoms with E-state index < -0.39 is 11.5 Å². The monoisotopic (exact) mass is 443 g/mol. The lowest BCUT2D eigenvalue weighted by molar-refractivity contribution is -0.140. The van der Waals surface area contributed by atoms with Crippen LogP contribution in [0.25, 0.3) is 6.08 Å². The number of ketones is 1. The average molecular weight is 444 g/mol. The topological polar surface area (TPSA) is 76.1 Å². The maximum atomic E-state index is 12.8. The first-order valence-corrected chi connectivity index (χ1v) is 9.66. The molecular weight excluding hydrogens is 426 g/mol. The predicted octanol–water partition coefficient (Wildman–Crippen LogP) is 3.40. The Kier molecular flexibility index (Phi) is 4.72. The van der Waals surface area contributed by atoms with Crippen molar-refractivity contribution in [1.82, 2.24) is 0 Å². The molecule has 2 aromatic carbocycles. The number of halogens is 1. The van der Waals surface area contributed by atoms with E-state index in [2.05, 4.69) is 15.9 Å². The Morgan fingerprint density at radius 2 is 2.04 bits per heavy atom. The molecule has 1 N–H and O–H groups in total. The fourth-order valence-corrected chi connectivity index (χ4v) is 3.89. The van der Waals surface area contributed by atoms with Crippen molar-refractivity contribution in [2.45, 2.75) is 18.9 Å². The fourth-order valence-electron chi connectivity index (χ4n) is 3.52. The Morgan fingerprint density at radius 3 is 2.82 bits per heavy atom. The minimum absolute atomic E-state index is 0.180. The molecule has 6 nitrogen and oxygen atoms in total. The molecule has 0 fully saturated rings. The lowest BCUT2D eigenvalue weighted by Gasteiger charge is -2.21. The number of aliphatic hydroxyl groups is 1. The van der Waals surface area contributed by atoms with E-state index in [-0.39, 0.29) is 19.0 Å². The summed E-state index contributed by atoms with van der Waals surface area (Å²) in [6.45, 7) is 2.42. The van der Waals surface area contributed by atoms with Crippen molar-refractivity contribution >= 4 is 39.4 Å². The number of fused-ring (bicyclic) bond motifs is 2. The van der Waals surface area contributed by atoms with Crippen LogP contribution < -0.4 is 14.4 Å². The second-order valence-corrected chi connectivity index (χ2v) is 7.58. The van der Waals surface area contributed by atoms with Crippen LogP contribution >= 0.6 is 15.9 Å². The first-order chi connectivity index (χ1) is 13.4. The number of benzene rings is 2. The number of carbonyl (C=O) groups excluding carboxylic acids is 2. The van der Waals surface area contributed by atoms with E-state index in [4.69, 9.17) is 9.47 Å². The summed E-state index contributed by atoms with van der Waals surface area (Å²) in [6, 6.07) is 10.6. The van der Waals surface area contributed by atoms with Gasteiger partial charge in [0.05, 0.1) is 12.1 Å². The molecular formula is C21H18BrNO5. The Bertz CT molecular complexity index is 1000. The molecule has 144 valence electrons. The van der Waals surface area contributed by atoms with Crippen molar-refractivity contribution in [2.24, 2.45) is 0 Å². The Labute approximate surface area is 170 Å². The summed E-state index contributed by atoms with van der Waals surface area (Å²) in [5.41, 5.74) is -0.0317. The van der Waals surface area contributed by atoms with Gasteiger partial charge in [0.15, 0.2) is 22.9 Å². The van der Waals surface area contributed by atoms with Gasteiger partial charge in [0.2, 0.25) is 6.79 Å². The average Bonchev–Trinajstić information content (AvgIpc) is 3.22. The minimum Gasteiger partial charge on any atom is -0.454 e. The third-order valence-corrected chi connectivity index (χ3v) is 5.39. The van der Waals surface area contributed by atoms with Gasteiger partial charge in [-0.15, -0.1) is 0 Å². The van der Waals surface area contributed by atoms with E-state index in [0.29, 0.717) is 29.3 Å². The SMILES string of the molecule is CCN1C(=O)[C@@](O)(CC(=O)/C=C\c2ccc3c(c2)OCO3)c2cc(Br)ccc21. The molecule has 2 heterocycles. The molecule has 1 amide bonds. The van der Waals surface area contributed by atoms with Crippen LogP contribution in [-0.4, -0.2) is 30.1 Å². The van der Waals surface area contributed by atoms with Gasteiger partial charge in [0.25, 0.3) is 5.91 Å². The van der Waals surface area contributed by atoms with Gasteiger partial charge in [-0.05, 0) is 48.9 Å². The molecule has 1 atom stereocenters. The van der Waals surface area contributed by atoms with Crippen molar-refractivity contribution in [1.29, 1.82) is 0 Å². The van der Waals surface area contributed by atoms with Crippen LogP contribution in [-0.2, 0) is 15.2 Å². The van der Waals surface area contributed by atoms with Crippen LogP contribution in [0, 0.1) is 0 Å². The van der Waals surface area contributed by atoms with Crippen LogP contribution in [0.3, 0.4) is 0 Å². The molecule has 4 rings (SSSR count). The zero-order valence-corrected chi connectivity index (χ0v) is 16.7. The second kappa shape index (κ2) is 7.07. The third kappa shape index (κ3) is 3.10. The molecule has 0 bridgehead atoms. The highest BCUT2D eigenvalue weighted by Gasteiger charge is 2.50. The molecule has 2 aromatic rings. The third-order valence-electron chi connectivity index (χ3n) is 4.90. The molecule has 0 spiro atoms. The second-order valence-electron chi connectivity index (χ2n) is 6.66. The maximum absolute atomic E-state index is 12.8. The number of hydrogen-bond acceptors (Lipinski definition) is 5. The van der Waals surface area contributed by atoms with Gasteiger partial charge >= 0.3 is 0 Å². The summed E-state index contributed by atoms with van der Waals surface area (Å²) in [6.07, 6.45) is 2.67. The van der Waals surface area contributed by atoms with Gasteiger partial charge in [-0.1, -0.05) is 28.1 Å². The summed E-state index contributed by atoms with van der Waals surface area (Å²) < 4.78 is 11.3. The van der Waals surface area contributed by atoms with Crippen LogP contribution in [0.4, 0.5) is 5.69 Å². The number of anilines is 1. The van der Waals surface area contributed by atoms with Crippen molar-refractivity contribution in [3.8, 4) is 11.5 Å². The molecule has 0 aromatic heterocycles. The van der Waals surface area contributed by atoms with E-state index in [9.17, 15) is 14.7 Å². The van der Waals surface area contributed by atoms with Crippen LogP contribution in [0.5, 0.6) is 11.5 Å².